The molecule has 1 aliphatic heterocycles. The number of nitrogens with two attached hydrogens (primary N) is 1. The van der Waals surface area contributed by atoms with Crippen LogP contribution in [0.15, 0.2) is 35.3 Å². The van der Waals surface area contributed by atoms with Gasteiger partial charge in [-0.3, -0.25) is 9.89 Å². The average Bonchev–Trinajstić information content (AvgIpc) is 2.51. The van der Waals surface area contributed by atoms with E-state index in [9.17, 15) is 0 Å². The number of benzene rings is 1. The fourth-order valence-electron chi connectivity index (χ4n) is 2.89. The van der Waals surface area contributed by atoms with Crippen molar-refractivity contribution in [3.8, 4) is 0 Å². The van der Waals surface area contributed by atoms with Gasteiger partial charge in [0.1, 0.15) is 0 Å². The van der Waals surface area contributed by atoms with E-state index in [0.717, 1.165) is 25.4 Å². The van der Waals surface area contributed by atoms with Gasteiger partial charge in [-0.15, -0.1) is 0 Å². The summed E-state index contributed by atoms with van der Waals surface area (Å²) in [6.07, 6.45) is 3.78. The molecule has 1 saturated carbocycles. The first kappa shape index (κ1) is 15.7. The zero-order valence-electron chi connectivity index (χ0n) is 13.1. The molecular weight excluding hydrogens is 292 g/mol. The lowest BCUT2D eigenvalue weighted by Crippen LogP contribution is -2.46. The summed E-state index contributed by atoms with van der Waals surface area (Å²) < 4.78 is 0. The Bertz CT molecular complexity index is 487. The first-order valence-corrected chi connectivity index (χ1v) is 9.39. The summed E-state index contributed by atoms with van der Waals surface area (Å²) in [5.41, 5.74) is 7.39. The van der Waals surface area contributed by atoms with Crippen LogP contribution in [0, 0.1) is 0 Å². The number of nitrogens with zero attached hydrogens (tertiary/aromatic N) is 2. The average molecular weight is 318 g/mol. The normalized spacial score (nSPS) is 24.0. The quantitative estimate of drug-likeness (QED) is 0.644. The van der Waals surface area contributed by atoms with Crippen LogP contribution in [-0.4, -0.2) is 47.5 Å². The molecule has 0 aromatic heterocycles. The molecule has 22 heavy (non-hydrogen) atoms. The van der Waals surface area contributed by atoms with Crippen LogP contribution in [0.1, 0.15) is 24.8 Å². The number of hydrogen-bond acceptors (Lipinski definition) is 3. The highest BCUT2D eigenvalue weighted by molar-refractivity contribution is 7.99. The van der Waals surface area contributed by atoms with E-state index in [1.165, 1.54) is 30.6 Å². The molecule has 1 heterocycles. The van der Waals surface area contributed by atoms with E-state index < -0.39 is 0 Å². The van der Waals surface area contributed by atoms with Gasteiger partial charge < -0.3 is 11.1 Å². The van der Waals surface area contributed by atoms with Crippen molar-refractivity contribution in [3.63, 3.8) is 0 Å². The molecule has 0 bridgehead atoms. The van der Waals surface area contributed by atoms with Gasteiger partial charge in [0.15, 0.2) is 5.96 Å². The van der Waals surface area contributed by atoms with Gasteiger partial charge in [-0.25, -0.2) is 0 Å². The van der Waals surface area contributed by atoms with Crippen molar-refractivity contribution < 1.29 is 0 Å². The van der Waals surface area contributed by atoms with Crippen LogP contribution in [0.5, 0.6) is 0 Å². The molecular formula is C17H26N4S. The first-order valence-electron chi connectivity index (χ1n) is 8.23. The Labute approximate surface area is 137 Å². The third-order valence-corrected chi connectivity index (χ3v) is 5.60. The largest absolute Gasteiger partial charge is 0.370 e. The molecule has 3 N–H and O–H groups in total. The molecule has 4 nitrogen and oxygen atoms in total. The van der Waals surface area contributed by atoms with E-state index in [2.05, 4.69) is 45.5 Å². The molecule has 1 atom stereocenters. The fraction of sp³-hybridized carbons (Fsp3) is 0.588. The summed E-state index contributed by atoms with van der Waals surface area (Å²) >= 11 is 2.03. The zero-order chi connectivity index (χ0) is 15.2. The van der Waals surface area contributed by atoms with E-state index in [1.807, 2.05) is 11.8 Å². The SMILES string of the molecule is NC(=NCC1CSCCN1Cc1ccccc1)NC1CCC1. The number of guanidine groups is 1. The van der Waals surface area contributed by atoms with Crippen molar-refractivity contribution in [1.82, 2.24) is 10.2 Å². The minimum Gasteiger partial charge on any atom is -0.370 e. The van der Waals surface area contributed by atoms with Gasteiger partial charge in [-0.05, 0) is 24.8 Å². The van der Waals surface area contributed by atoms with E-state index in [0.29, 0.717) is 18.0 Å². The maximum Gasteiger partial charge on any atom is 0.188 e. The van der Waals surface area contributed by atoms with Crippen molar-refractivity contribution >= 4 is 17.7 Å². The lowest BCUT2D eigenvalue weighted by molar-refractivity contribution is 0.215. The molecule has 1 aromatic carbocycles. The maximum absolute atomic E-state index is 6.01. The maximum atomic E-state index is 6.01. The first-order chi connectivity index (χ1) is 10.8. The Morgan fingerprint density at radius 2 is 2.14 bits per heavy atom. The molecule has 0 amide bonds. The lowest BCUT2D eigenvalue weighted by Gasteiger charge is -2.34. The molecule has 1 unspecified atom stereocenters. The van der Waals surface area contributed by atoms with E-state index >= 15 is 0 Å². The van der Waals surface area contributed by atoms with Crippen LogP contribution < -0.4 is 11.1 Å². The summed E-state index contributed by atoms with van der Waals surface area (Å²) in [6, 6.07) is 11.8. The molecule has 2 aliphatic rings. The highest BCUT2D eigenvalue weighted by Gasteiger charge is 2.23. The van der Waals surface area contributed by atoms with E-state index in [4.69, 9.17) is 5.73 Å². The van der Waals surface area contributed by atoms with Crippen molar-refractivity contribution in [2.75, 3.05) is 24.6 Å². The van der Waals surface area contributed by atoms with Crippen LogP contribution in [0.4, 0.5) is 0 Å². The van der Waals surface area contributed by atoms with Gasteiger partial charge >= 0.3 is 0 Å². The molecule has 1 aromatic rings. The van der Waals surface area contributed by atoms with Crippen LogP contribution in [0.3, 0.4) is 0 Å². The fourth-order valence-corrected chi connectivity index (χ4v) is 4.01. The Morgan fingerprint density at radius 1 is 1.32 bits per heavy atom. The van der Waals surface area contributed by atoms with Crippen LogP contribution >= 0.6 is 11.8 Å². The Balaban J connectivity index is 1.54. The monoisotopic (exact) mass is 318 g/mol. The van der Waals surface area contributed by atoms with Crippen molar-refractivity contribution in [3.05, 3.63) is 35.9 Å². The predicted molar refractivity (Wildman–Crippen MR) is 95.2 cm³/mol. The summed E-state index contributed by atoms with van der Waals surface area (Å²) in [6.45, 7) is 2.94. The van der Waals surface area contributed by atoms with E-state index in [-0.39, 0.29) is 0 Å². The van der Waals surface area contributed by atoms with Crippen molar-refractivity contribution in [2.24, 2.45) is 10.7 Å². The number of hydrogen-bond donors (Lipinski definition) is 2. The van der Waals surface area contributed by atoms with Gasteiger partial charge in [-0.2, -0.15) is 11.8 Å². The number of rotatable bonds is 5. The van der Waals surface area contributed by atoms with Crippen LogP contribution in [-0.2, 0) is 6.54 Å². The number of aliphatic imine (C=N–C) groups is 1. The van der Waals surface area contributed by atoms with E-state index in [1.54, 1.807) is 0 Å². The Kier molecular flexibility index (Phi) is 5.62. The summed E-state index contributed by atoms with van der Waals surface area (Å²) in [4.78, 5) is 7.14. The highest BCUT2D eigenvalue weighted by atomic mass is 32.2. The van der Waals surface area contributed by atoms with Gasteiger partial charge in [0.25, 0.3) is 0 Å². The molecule has 1 saturated heterocycles. The number of thioether (sulfide) groups is 1. The second-order valence-electron chi connectivity index (χ2n) is 6.18. The minimum absolute atomic E-state index is 0.487. The molecule has 0 spiro atoms. The molecule has 3 rings (SSSR count). The van der Waals surface area contributed by atoms with Gasteiger partial charge in [-0.1, -0.05) is 30.3 Å². The molecule has 0 radical (unpaired) electrons. The molecule has 2 fully saturated rings. The second-order valence-corrected chi connectivity index (χ2v) is 7.33. The summed E-state index contributed by atoms with van der Waals surface area (Å²) in [5.74, 6) is 2.98. The van der Waals surface area contributed by atoms with Gasteiger partial charge in [0.2, 0.25) is 0 Å². The lowest BCUT2D eigenvalue weighted by atomic mass is 9.93. The Morgan fingerprint density at radius 3 is 2.86 bits per heavy atom. The number of nitrogens with one attached hydrogen (secondary N) is 1. The van der Waals surface area contributed by atoms with Crippen LogP contribution in [0.25, 0.3) is 0 Å². The summed E-state index contributed by atoms with van der Waals surface area (Å²) in [5, 5.41) is 3.32. The highest BCUT2D eigenvalue weighted by Crippen LogP contribution is 2.20. The molecule has 120 valence electrons. The third kappa shape index (κ3) is 4.40. The topological polar surface area (TPSA) is 53.6 Å². The van der Waals surface area contributed by atoms with Crippen molar-refractivity contribution in [2.45, 2.75) is 37.9 Å². The second kappa shape index (κ2) is 7.88. The zero-order valence-corrected chi connectivity index (χ0v) is 13.9. The van der Waals surface area contributed by atoms with Gasteiger partial charge in [0.05, 0.1) is 6.54 Å². The van der Waals surface area contributed by atoms with Crippen molar-refractivity contribution in [1.29, 1.82) is 0 Å². The standard InChI is InChI=1S/C17H26N4S/c18-17(20-15-7-4-8-15)19-11-16-13-22-10-9-21(16)12-14-5-2-1-3-6-14/h1-3,5-6,15-16H,4,7-13H2,(H3,18,19,20). The van der Waals surface area contributed by atoms with Crippen LogP contribution in [0.2, 0.25) is 0 Å². The van der Waals surface area contributed by atoms with Gasteiger partial charge in [0, 0.05) is 36.7 Å². The summed E-state index contributed by atoms with van der Waals surface area (Å²) in [7, 11) is 0. The molecule has 1 aliphatic carbocycles. The minimum atomic E-state index is 0.487. The molecule has 5 heteroatoms. The Hall–Kier alpha value is -1.20. The smallest absolute Gasteiger partial charge is 0.188 e. The third-order valence-electron chi connectivity index (χ3n) is 4.51. The predicted octanol–water partition coefficient (Wildman–Crippen LogP) is 2.06.